The van der Waals surface area contributed by atoms with Gasteiger partial charge in [0.05, 0.1) is 13.2 Å². The maximum atomic E-state index is 12.9. The van der Waals surface area contributed by atoms with E-state index in [4.69, 9.17) is 9.72 Å². The van der Waals surface area contributed by atoms with Gasteiger partial charge in [-0.3, -0.25) is 9.78 Å². The monoisotopic (exact) mass is 375 g/mol. The number of nitrogens with zero attached hydrogens (tertiary/aromatic N) is 4. The van der Waals surface area contributed by atoms with Crippen LogP contribution >= 0.6 is 0 Å². The predicted molar refractivity (Wildman–Crippen MR) is 106 cm³/mol. The lowest BCUT2D eigenvalue weighted by molar-refractivity contribution is 0.0948. The van der Waals surface area contributed by atoms with Crippen LogP contribution in [0.25, 0.3) is 11.4 Å². The first-order chi connectivity index (χ1) is 13.8. The number of nitrogens with one attached hydrogen (secondary N) is 1. The van der Waals surface area contributed by atoms with Crippen molar-refractivity contribution < 1.29 is 9.53 Å². The van der Waals surface area contributed by atoms with Gasteiger partial charge < -0.3 is 15.0 Å². The molecule has 1 saturated heterocycles. The summed E-state index contributed by atoms with van der Waals surface area (Å²) in [5.74, 6) is 1.04. The number of hydrogen-bond donors (Lipinski definition) is 1. The Morgan fingerprint density at radius 1 is 1.07 bits per heavy atom. The number of anilines is 1. The number of carbonyl (C=O) groups is 1. The van der Waals surface area contributed by atoms with E-state index in [0.29, 0.717) is 50.1 Å². The van der Waals surface area contributed by atoms with E-state index >= 15 is 0 Å². The Balaban J connectivity index is 1.62. The van der Waals surface area contributed by atoms with E-state index in [1.807, 2.05) is 42.5 Å². The molecule has 1 N–H and O–H groups in total. The van der Waals surface area contributed by atoms with Crippen LogP contribution in [0, 0.1) is 0 Å². The minimum Gasteiger partial charge on any atom is -0.378 e. The van der Waals surface area contributed by atoms with Crippen LogP contribution in [-0.4, -0.2) is 47.2 Å². The van der Waals surface area contributed by atoms with Gasteiger partial charge in [0.2, 0.25) is 0 Å². The number of aromatic nitrogens is 3. The molecule has 1 amide bonds. The van der Waals surface area contributed by atoms with Crippen molar-refractivity contribution in [2.24, 2.45) is 0 Å². The Bertz CT molecular complexity index is 928. The second-order valence-corrected chi connectivity index (χ2v) is 6.44. The number of rotatable bonds is 5. The van der Waals surface area contributed by atoms with Crippen LogP contribution in [0.3, 0.4) is 0 Å². The Kier molecular flexibility index (Phi) is 5.53. The largest absolute Gasteiger partial charge is 0.378 e. The fourth-order valence-corrected chi connectivity index (χ4v) is 3.06. The Morgan fingerprint density at radius 3 is 2.64 bits per heavy atom. The number of hydrogen-bond acceptors (Lipinski definition) is 6. The average Bonchev–Trinajstić information content (AvgIpc) is 2.79. The molecule has 4 rings (SSSR count). The third-order valence-electron chi connectivity index (χ3n) is 4.53. The summed E-state index contributed by atoms with van der Waals surface area (Å²) in [6.45, 7) is 3.00. The second-order valence-electron chi connectivity index (χ2n) is 6.44. The lowest BCUT2D eigenvalue weighted by Crippen LogP contribution is -2.38. The van der Waals surface area contributed by atoms with Crippen LogP contribution in [0.5, 0.6) is 0 Å². The van der Waals surface area contributed by atoms with Crippen LogP contribution < -0.4 is 10.2 Å². The number of pyridine rings is 1. The summed E-state index contributed by atoms with van der Waals surface area (Å²) in [5, 5.41) is 2.94. The van der Waals surface area contributed by atoms with Gasteiger partial charge in [0.25, 0.3) is 5.91 Å². The Hall–Kier alpha value is -3.32. The van der Waals surface area contributed by atoms with E-state index in [-0.39, 0.29) is 5.91 Å². The van der Waals surface area contributed by atoms with Crippen molar-refractivity contribution >= 4 is 11.7 Å². The van der Waals surface area contributed by atoms with Gasteiger partial charge in [-0.05, 0) is 11.6 Å². The maximum absolute atomic E-state index is 12.9. The summed E-state index contributed by atoms with van der Waals surface area (Å²) in [5.41, 5.74) is 2.32. The van der Waals surface area contributed by atoms with Crippen LogP contribution in [0.4, 0.5) is 5.82 Å². The zero-order valence-corrected chi connectivity index (χ0v) is 15.4. The third kappa shape index (κ3) is 4.15. The van der Waals surface area contributed by atoms with E-state index in [1.165, 1.54) is 0 Å². The van der Waals surface area contributed by atoms with Crippen LogP contribution in [0.15, 0.2) is 61.1 Å². The zero-order chi connectivity index (χ0) is 19.2. The highest BCUT2D eigenvalue weighted by atomic mass is 16.5. The fourth-order valence-electron chi connectivity index (χ4n) is 3.06. The van der Waals surface area contributed by atoms with E-state index < -0.39 is 0 Å². The SMILES string of the molecule is O=C(NCc1cccnc1)c1cnc(-c2ccccc2)nc1N1CCOCC1. The van der Waals surface area contributed by atoms with Gasteiger partial charge in [-0.15, -0.1) is 0 Å². The van der Waals surface area contributed by atoms with Crippen molar-refractivity contribution in [3.63, 3.8) is 0 Å². The summed E-state index contributed by atoms with van der Waals surface area (Å²) in [7, 11) is 0. The average molecular weight is 375 g/mol. The molecule has 28 heavy (non-hydrogen) atoms. The first kappa shape index (κ1) is 18.1. The van der Waals surface area contributed by atoms with Crippen molar-refractivity contribution in [2.45, 2.75) is 6.54 Å². The molecule has 0 unspecified atom stereocenters. The minimum atomic E-state index is -0.204. The molecule has 0 spiro atoms. The first-order valence-corrected chi connectivity index (χ1v) is 9.23. The molecular weight excluding hydrogens is 354 g/mol. The second kappa shape index (κ2) is 8.58. The maximum Gasteiger partial charge on any atom is 0.256 e. The highest BCUT2D eigenvalue weighted by molar-refractivity contribution is 5.98. The molecule has 1 aromatic carbocycles. The van der Waals surface area contributed by atoms with Gasteiger partial charge in [0.1, 0.15) is 11.4 Å². The summed E-state index contributed by atoms with van der Waals surface area (Å²) >= 11 is 0. The molecule has 142 valence electrons. The van der Waals surface area contributed by atoms with Gasteiger partial charge in [-0.2, -0.15) is 0 Å². The van der Waals surface area contributed by atoms with Crippen LogP contribution in [0.2, 0.25) is 0 Å². The number of ether oxygens (including phenoxy) is 1. The first-order valence-electron chi connectivity index (χ1n) is 9.23. The number of carbonyl (C=O) groups excluding carboxylic acids is 1. The molecule has 0 saturated carbocycles. The van der Waals surface area contributed by atoms with Gasteiger partial charge in [-0.25, -0.2) is 9.97 Å². The van der Waals surface area contributed by atoms with E-state index in [0.717, 1.165) is 11.1 Å². The summed E-state index contributed by atoms with van der Waals surface area (Å²) in [4.78, 5) is 28.2. The van der Waals surface area contributed by atoms with Crippen molar-refractivity contribution in [1.29, 1.82) is 0 Å². The molecule has 0 aliphatic carbocycles. The van der Waals surface area contributed by atoms with Gasteiger partial charge in [-0.1, -0.05) is 36.4 Å². The highest BCUT2D eigenvalue weighted by Gasteiger charge is 2.22. The molecule has 0 atom stereocenters. The smallest absolute Gasteiger partial charge is 0.256 e. The molecule has 1 aliphatic heterocycles. The fraction of sp³-hybridized carbons (Fsp3) is 0.238. The lowest BCUT2D eigenvalue weighted by atomic mass is 10.2. The predicted octanol–water partition coefficient (Wildman–Crippen LogP) is 2.31. The number of amides is 1. The quantitative estimate of drug-likeness (QED) is 0.737. The molecule has 3 aromatic rings. The van der Waals surface area contributed by atoms with E-state index in [2.05, 4.69) is 20.2 Å². The standard InChI is InChI=1S/C21H21N5O2/c27-21(24-14-16-5-4-8-22-13-16)18-15-23-19(17-6-2-1-3-7-17)25-20(18)26-9-11-28-12-10-26/h1-8,13,15H,9-12,14H2,(H,24,27). The van der Waals surface area contributed by atoms with E-state index in [1.54, 1.807) is 18.6 Å². The molecular formula is C21H21N5O2. The summed E-state index contributed by atoms with van der Waals surface area (Å²) in [6.07, 6.45) is 5.05. The van der Waals surface area contributed by atoms with Gasteiger partial charge >= 0.3 is 0 Å². The van der Waals surface area contributed by atoms with Crippen LogP contribution in [-0.2, 0) is 11.3 Å². The van der Waals surface area contributed by atoms with E-state index in [9.17, 15) is 4.79 Å². The summed E-state index contributed by atoms with van der Waals surface area (Å²) in [6, 6.07) is 13.5. The molecule has 2 aromatic heterocycles. The normalized spacial score (nSPS) is 13.9. The summed E-state index contributed by atoms with van der Waals surface area (Å²) < 4.78 is 5.45. The molecule has 7 nitrogen and oxygen atoms in total. The molecule has 7 heteroatoms. The number of benzene rings is 1. The topological polar surface area (TPSA) is 80.2 Å². The van der Waals surface area contributed by atoms with Crippen molar-refractivity contribution in [2.75, 3.05) is 31.2 Å². The number of morpholine rings is 1. The van der Waals surface area contributed by atoms with Crippen molar-refractivity contribution in [3.05, 3.63) is 72.2 Å². The third-order valence-corrected chi connectivity index (χ3v) is 4.53. The van der Waals surface area contributed by atoms with Crippen molar-refractivity contribution in [3.8, 4) is 11.4 Å². The molecule has 1 aliphatic rings. The zero-order valence-electron chi connectivity index (χ0n) is 15.4. The Labute approximate surface area is 163 Å². The van der Waals surface area contributed by atoms with Crippen molar-refractivity contribution in [1.82, 2.24) is 20.3 Å². The lowest BCUT2D eigenvalue weighted by Gasteiger charge is -2.29. The van der Waals surface area contributed by atoms with Gasteiger partial charge in [0.15, 0.2) is 5.82 Å². The Morgan fingerprint density at radius 2 is 1.89 bits per heavy atom. The van der Waals surface area contributed by atoms with Crippen LogP contribution in [0.1, 0.15) is 15.9 Å². The molecule has 0 bridgehead atoms. The highest BCUT2D eigenvalue weighted by Crippen LogP contribution is 2.23. The molecule has 1 fully saturated rings. The minimum absolute atomic E-state index is 0.204. The molecule has 0 radical (unpaired) electrons. The van der Waals surface area contributed by atoms with Gasteiger partial charge in [0, 0.05) is 43.8 Å². The molecule has 3 heterocycles.